The Morgan fingerprint density at radius 3 is 2.38 bits per heavy atom. The molecule has 0 unspecified atom stereocenters. The Morgan fingerprint density at radius 1 is 1.00 bits per heavy atom. The summed E-state index contributed by atoms with van der Waals surface area (Å²) >= 11 is 0. The molecule has 0 N–H and O–H groups in total. The van der Waals surface area contributed by atoms with Gasteiger partial charge >= 0.3 is 0 Å². The third-order valence-corrected chi connectivity index (χ3v) is 6.10. The first kappa shape index (κ1) is 23.5. The van der Waals surface area contributed by atoms with Crippen LogP contribution in [0.3, 0.4) is 0 Å². The second kappa shape index (κ2) is 11.0. The van der Waals surface area contributed by atoms with Gasteiger partial charge in [-0.25, -0.2) is 4.98 Å². The second-order valence-corrected chi connectivity index (χ2v) is 8.58. The van der Waals surface area contributed by atoms with E-state index in [-0.39, 0.29) is 23.2 Å². The Hall–Kier alpha value is -3.62. The number of hydrogen-bond acceptors (Lipinski definition) is 6. The number of anilines is 1. The van der Waals surface area contributed by atoms with Gasteiger partial charge in [0.25, 0.3) is 11.6 Å². The molecule has 1 aromatic heterocycles. The molecular weight excluding hydrogens is 430 g/mol. The van der Waals surface area contributed by atoms with Crippen molar-refractivity contribution in [1.82, 2.24) is 14.8 Å². The summed E-state index contributed by atoms with van der Waals surface area (Å²) in [6, 6.07) is 21.6. The van der Waals surface area contributed by atoms with E-state index in [2.05, 4.69) is 39.0 Å². The Labute approximate surface area is 199 Å². The number of nitro groups is 1. The first-order chi connectivity index (χ1) is 16.5. The highest BCUT2D eigenvalue weighted by atomic mass is 16.6. The maximum atomic E-state index is 13.5. The Balaban J connectivity index is 1.44. The SMILES string of the molecule is C[C@@H](CN1CCN(Cc2ccccc2)CC1)N(C(=O)c1cccc([N+](=O)[O-])c1)c1ccccn1. The quantitative estimate of drug-likeness (QED) is 0.376. The van der Waals surface area contributed by atoms with Gasteiger partial charge < -0.3 is 0 Å². The van der Waals surface area contributed by atoms with Crippen LogP contribution in [0.4, 0.5) is 11.5 Å². The molecule has 8 nitrogen and oxygen atoms in total. The third-order valence-electron chi connectivity index (χ3n) is 6.10. The molecule has 0 spiro atoms. The zero-order chi connectivity index (χ0) is 23.9. The van der Waals surface area contributed by atoms with Crippen molar-refractivity contribution in [3.63, 3.8) is 0 Å². The van der Waals surface area contributed by atoms with Crippen LogP contribution in [-0.2, 0) is 6.54 Å². The highest BCUT2D eigenvalue weighted by Gasteiger charge is 2.28. The fourth-order valence-corrected chi connectivity index (χ4v) is 4.34. The van der Waals surface area contributed by atoms with Crippen molar-refractivity contribution in [3.05, 3.63) is 100 Å². The molecule has 1 aliphatic heterocycles. The van der Waals surface area contributed by atoms with Gasteiger partial charge in [-0.1, -0.05) is 42.5 Å². The zero-order valence-electron chi connectivity index (χ0n) is 19.3. The fraction of sp³-hybridized carbons (Fsp3) is 0.308. The zero-order valence-corrected chi connectivity index (χ0v) is 19.3. The van der Waals surface area contributed by atoms with Crippen LogP contribution in [0.5, 0.6) is 0 Å². The molecule has 176 valence electrons. The van der Waals surface area contributed by atoms with E-state index in [1.165, 1.54) is 17.7 Å². The number of hydrogen-bond donors (Lipinski definition) is 0. The highest BCUT2D eigenvalue weighted by molar-refractivity contribution is 6.06. The minimum atomic E-state index is -0.486. The topological polar surface area (TPSA) is 82.8 Å². The summed E-state index contributed by atoms with van der Waals surface area (Å²) in [5.41, 5.74) is 1.49. The first-order valence-electron chi connectivity index (χ1n) is 11.5. The molecule has 1 aliphatic rings. The monoisotopic (exact) mass is 459 g/mol. The van der Waals surface area contributed by atoms with Gasteiger partial charge in [0.15, 0.2) is 0 Å². The van der Waals surface area contributed by atoms with E-state index in [1.807, 2.05) is 19.1 Å². The van der Waals surface area contributed by atoms with E-state index in [9.17, 15) is 14.9 Å². The predicted molar refractivity (Wildman–Crippen MR) is 132 cm³/mol. The van der Waals surface area contributed by atoms with Crippen LogP contribution in [0.25, 0.3) is 0 Å². The molecule has 0 aliphatic carbocycles. The van der Waals surface area contributed by atoms with Gasteiger partial charge in [-0.2, -0.15) is 0 Å². The standard InChI is InChI=1S/C26H29N5O3/c1-21(19-28-14-16-29(17-15-28)20-22-8-3-2-4-9-22)30(25-12-5-6-13-27-25)26(32)23-10-7-11-24(18-23)31(33)34/h2-13,18,21H,14-17,19-20H2,1H3/t21-/m0/s1. The van der Waals surface area contributed by atoms with Gasteiger partial charge in [-0.05, 0) is 30.7 Å². The third kappa shape index (κ3) is 5.84. The number of non-ortho nitro benzene ring substituents is 1. The van der Waals surface area contributed by atoms with Gasteiger partial charge in [0.05, 0.1) is 4.92 Å². The van der Waals surface area contributed by atoms with Crippen molar-refractivity contribution in [1.29, 1.82) is 0 Å². The molecular formula is C26H29N5O3. The lowest BCUT2D eigenvalue weighted by Gasteiger charge is -2.38. The summed E-state index contributed by atoms with van der Waals surface area (Å²) in [5, 5.41) is 11.2. The summed E-state index contributed by atoms with van der Waals surface area (Å²) in [6.07, 6.45) is 1.65. The molecule has 1 amide bonds. The maximum absolute atomic E-state index is 13.5. The summed E-state index contributed by atoms with van der Waals surface area (Å²) in [6.45, 7) is 7.39. The van der Waals surface area contributed by atoms with Gasteiger partial charge in [-0.15, -0.1) is 0 Å². The van der Waals surface area contributed by atoms with Crippen LogP contribution < -0.4 is 4.90 Å². The Bertz CT molecular complexity index is 1100. The molecule has 0 saturated carbocycles. The lowest BCUT2D eigenvalue weighted by atomic mass is 10.1. The smallest absolute Gasteiger partial charge is 0.270 e. The minimum Gasteiger partial charge on any atom is -0.299 e. The molecule has 3 aromatic rings. The number of nitrogens with zero attached hydrogens (tertiary/aromatic N) is 5. The van der Waals surface area contributed by atoms with Crippen LogP contribution in [0.1, 0.15) is 22.8 Å². The number of pyridine rings is 1. The van der Waals surface area contributed by atoms with Gasteiger partial charge in [0, 0.05) is 69.2 Å². The molecule has 0 bridgehead atoms. The lowest BCUT2D eigenvalue weighted by molar-refractivity contribution is -0.384. The molecule has 1 saturated heterocycles. The highest BCUT2D eigenvalue weighted by Crippen LogP contribution is 2.21. The van der Waals surface area contributed by atoms with Crippen molar-refractivity contribution >= 4 is 17.4 Å². The number of carbonyl (C=O) groups excluding carboxylic acids is 1. The first-order valence-corrected chi connectivity index (χ1v) is 11.5. The van der Waals surface area contributed by atoms with Crippen molar-refractivity contribution < 1.29 is 9.72 Å². The number of carbonyl (C=O) groups is 1. The number of piperazine rings is 1. The normalized spacial score (nSPS) is 15.6. The summed E-state index contributed by atoms with van der Waals surface area (Å²) < 4.78 is 0. The van der Waals surface area contributed by atoms with Crippen molar-refractivity contribution in [2.45, 2.75) is 19.5 Å². The molecule has 0 radical (unpaired) electrons. The van der Waals surface area contributed by atoms with Crippen LogP contribution in [0, 0.1) is 10.1 Å². The number of amides is 1. The average molecular weight is 460 g/mol. The summed E-state index contributed by atoms with van der Waals surface area (Å²) in [4.78, 5) is 35.1. The maximum Gasteiger partial charge on any atom is 0.270 e. The number of aromatic nitrogens is 1. The molecule has 2 heterocycles. The van der Waals surface area contributed by atoms with Crippen LogP contribution >= 0.6 is 0 Å². The van der Waals surface area contributed by atoms with Crippen molar-refractivity contribution in [3.8, 4) is 0 Å². The minimum absolute atomic E-state index is 0.103. The fourth-order valence-electron chi connectivity index (χ4n) is 4.34. The molecule has 1 fully saturated rings. The summed E-state index contributed by atoms with van der Waals surface area (Å²) in [5.74, 6) is 0.242. The van der Waals surface area contributed by atoms with E-state index < -0.39 is 4.92 Å². The second-order valence-electron chi connectivity index (χ2n) is 8.58. The number of rotatable bonds is 8. The van der Waals surface area contributed by atoms with E-state index in [1.54, 1.807) is 35.4 Å². The number of nitro benzene ring substituents is 1. The van der Waals surface area contributed by atoms with Gasteiger partial charge in [0.1, 0.15) is 5.82 Å². The Morgan fingerprint density at radius 2 is 1.71 bits per heavy atom. The average Bonchev–Trinajstić information content (AvgIpc) is 2.86. The van der Waals surface area contributed by atoms with Crippen LogP contribution in [0.2, 0.25) is 0 Å². The van der Waals surface area contributed by atoms with Gasteiger partial charge in [0.2, 0.25) is 0 Å². The molecule has 34 heavy (non-hydrogen) atoms. The van der Waals surface area contributed by atoms with E-state index in [4.69, 9.17) is 0 Å². The molecule has 4 rings (SSSR count). The van der Waals surface area contributed by atoms with Crippen molar-refractivity contribution in [2.24, 2.45) is 0 Å². The molecule has 1 atom stereocenters. The van der Waals surface area contributed by atoms with Gasteiger partial charge in [-0.3, -0.25) is 29.6 Å². The van der Waals surface area contributed by atoms with Crippen LogP contribution in [-0.4, -0.2) is 64.4 Å². The summed E-state index contributed by atoms with van der Waals surface area (Å²) in [7, 11) is 0. The van der Waals surface area contributed by atoms with E-state index in [0.717, 1.165) is 32.7 Å². The van der Waals surface area contributed by atoms with E-state index in [0.29, 0.717) is 12.4 Å². The molecule has 2 aromatic carbocycles. The lowest BCUT2D eigenvalue weighted by Crippen LogP contribution is -2.52. The van der Waals surface area contributed by atoms with Crippen LogP contribution in [0.15, 0.2) is 79.0 Å². The van der Waals surface area contributed by atoms with E-state index >= 15 is 0 Å². The predicted octanol–water partition coefficient (Wildman–Crippen LogP) is 3.84. The van der Waals surface area contributed by atoms with Crippen molar-refractivity contribution in [2.75, 3.05) is 37.6 Å². The number of benzene rings is 2. The molecule has 8 heteroatoms. The Kier molecular flexibility index (Phi) is 7.61. The largest absolute Gasteiger partial charge is 0.299 e.